The molecule has 0 unspecified atom stereocenters. The number of benzene rings is 10. The number of rotatable bonds is 2. The Balaban J connectivity index is 1.06. The molecule has 0 amide bonds. The van der Waals surface area contributed by atoms with Crippen LogP contribution in [0.5, 0.6) is 0 Å². The molecule has 0 aliphatic heterocycles. The summed E-state index contributed by atoms with van der Waals surface area (Å²) >= 11 is 1.90. The molecular weight excluding hydrogens is 609 g/mol. The lowest BCUT2D eigenvalue weighted by atomic mass is 9.93. The first-order valence-corrected chi connectivity index (χ1v) is 17.7. The largest absolute Gasteiger partial charge is 0.135 e. The molecule has 11 rings (SSSR count). The van der Waals surface area contributed by atoms with Crippen LogP contribution in [-0.4, -0.2) is 0 Å². The van der Waals surface area contributed by atoms with E-state index in [2.05, 4.69) is 170 Å². The summed E-state index contributed by atoms with van der Waals surface area (Å²) in [5, 5.41) is 18.1. The molecule has 49 heavy (non-hydrogen) atoms. The average Bonchev–Trinajstić information content (AvgIpc) is 3.53. The second-order valence-electron chi connectivity index (χ2n) is 13.3. The summed E-state index contributed by atoms with van der Waals surface area (Å²) < 4.78 is 2.64. The van der Waals surface area contributed by atoms with Crippen molar-refractivity contribution in [2.24, 2.45) is 0 Å². The zero-order valence-corrected chi connectivity index (χ0v) is 27.4. The van der Waals surface area contributed by atoms with Crippen LogP contribution >= 0.6 is 11.3 Å². The average molecular weight is 637 g/mol. The van der Waals surface area contributed by atoms with Crippen LogP contribution in [0, 0.1) is 0 Å². The Bertz CT molecular complexity index is 2950. The van der Waals surface area contributed by atoms with Crippen molar-refractivity contribution >= 4 is 96.1 Å². The van der Waals surface area contributed by atoms with Gasteiger partial charge in [-0.05, 0) is 123 Å². The molecule has 226 valence electrons. The van der Waals surface area contributed by atoms with E-state index >= 15 is 0 Å². The van der Waals surface area contributed by atoms with Crippen molar-refractivity contribution in [3.8, 4) is 22.3 Å². The zero-order valence-electron chi connectivity index (χ0n) is 26.6. The van der Waals surface area contributed by atoms with Gasteiger partial charge in [0.05, 0.1) is 0 Å². The number of hydrogen-bond donors (Lipinski definition) is 0. The van der Waals surface area contributed by atoms with Crippen LogP contribution in [0.4, 0.5) is 0 Å². The van der Waals surface area contributed by atoms with Crippen LogP contribution in [0.1, 0.15) is 0 Å². The minimum Gasteiger partial charge on any atom is -0.135 e. The number of fused-ring (bicyclic) bond motifs is 11. The minimum atomic E-state index is 1.26. The van der Waals surface area contributed by atoms with Gasteiger partial charge in [0.15, 0.2) is 0 Å². The van der Waals surface area contributed by atoms with Gasteiger partial charge >= 0.3 is 0 Å². The first-order chi connectivity index (χ1) is 24.2. The second kappa shape index (κ2) is 10.2. The van der Waals surface area contributed by atoms with E-state index in [1.165, 1.54) is 107 Å². The molecule has 0 aliphatic carbocycles. The Morgan fingerprint density at radius 3 is 1.18 bits per heavy atom. The summed E-state index contributed by atoms with van der Waals surface area (Å²) in [6.45, 7) is 0. The summed E-state index contributed by atoms with van der Waals surface area (Å²) in [5.41, 5.74) is 5.08. The fourth-order valence-electron chi connectivity index (χ4n) is 8.18. The predicted octanol–water partition coefficient (Wildman–Crippen LogP) is 14.3. The number of hydrogen-bond acceptors (Lipinski definition) is 1. The molecule has 0 aliphatic rings. The van der Waals surface area contributed by atoms with Gasteiger partial charge in [-0.3, -0.25) is 0 Å². The first kappa shape index (κ1) is 27.0. The fourth-order valence-corrected chi connectivity index (χ4v) is 9.36. The molecule has 0 atom stereocenters. The van der Waals surface area contributed by atoms with Crippen molar-refractivity contribution in [1.82, 2.24) is 0 Å². The molecule has 1 heteroatoms. The lowest BCUT2D eigenvalue weighted by Crippen LogP contribution is -1.84. The van der Waals surface area contributed by atoms with E-state index in [1.54, 1.807) is 0 Å². The SMILES string of the molecule is c1cc(-c2ccc3c(c2)sc2cc(-c4cccc5cc6ccc7ccccc7c6cc45)ccc23)c2cc3c(ccc4ccccc43)cc2c1. The molecule has 1 aromatic heterocycles. The van der Waals surface area contributed by atoms with Gasteiger partial charge in [-0.1, -0.05) is 133 Å². The molecule has 0 saturated heterocycles. The van der Waals surface area contributed by atoms with Crippen molar-refractivity contribution in [1.29, 1.82) is 0 Å². The van der Waals surface area contributed by atoms with Gasteiger partial charge in [-0.15, -0.1) is 11.3 Å². The topological polar surface area (TPSA) is 0 Å². The number of thiophene rings is 1. The van der Waals surface area contributed by atoms with Crippen molar-refractivity contribution in [2.75, 3.05) is 0 Å². The van der Waals surface area contributed by atoms with E-state index in [1.807, 2.05) is 11.3 Å². The molecule has 0 saturated carbocycles. The Kier molecular flexibility index (Phi) is 5.64. The smallest absolute Gasteiger partial charge is 0.0361 e. The van der Waals surface area contributed by atoms with Gasteiger partial charge in [0.1, 0.15) is 0 Å². The zero-order chi connectivity index (χ0) is 32.1. The summed E-state index contributed by atoms with van der Waals surface area (Å²) in [5.74, 6) is 0. The van der Waals surface area contributed by atoms with E-state index in [0.717, 1.165) is 0 Å². The van der Waals surface area contributed by atoms with E-state index in [0.29, 0.717) is 0 Å². The van der Waals surface area contributed by atoms with E-state index in [9.17, 15) is 0 Å². The Morgan fingerprint density at radius 1 is 0.245 bits per heavy atom. The van der Waals surface area contributed by atoms with Crippen molar-refractivity contribution in [3.63, 3.8) is 0 Å². The van der Waals surface area contributed by atoms with Crippen molar-refractivity contribution < 1.29 is 0 Å². The van der Waals surface area contributed by atoms with E-state index in [4.69, 9.17) is 0 Å². The van der Waals surface area contributed by atoms with Crippen LogP contribution in [0.25, 0.3) is 107 Å². The van der Waals surface area contributed by atoms with Gasteiger partial charge in [-0.25, -0.2) is 0 Å². The quantitative estimate of drug-likeness (QED) is 0.131. The minimum absolute atomic E-state index is 1.26. The first-order valence-electron chi connectivity index (χ1n) is 16.9. The molecule has 0 N–H and O–H groups in total. The summed E-state index contributed by atoms with van der Waals surface area (Å²) in [6.07, 6.45) is 0. The standard InChI is InChI=1S/C48H28S/c1-3-11-37-29(7-1)15-17-33-23-31-9-5-13-39(43(31)27-45(33)37)35-19-21-41-42-22-20-36(26-48(42)49-47(41)25-35)40-14-6-10-32-24-34-18-16-30-8-2-4-12-38(30)46(34)28-44(32)40/h1-28H. The maximum atomic E-state index is 2.40. The van der Waals surface area contributed by atoms with E-state index in [-0.39, 0.29) is 0 Å². The monoisotopic (exact) mass is 636 g/mol. The maximum absolute atomic E-state index is 2.40. The molecule has 0 fully saturated rings. The molecule has 1 heterocycles. The van der Waals surface area contributed by atoms with Crippen LogP contribution in [0.2, 0.25) is 0 Å². The fraction of sp³-hybridized carbons (Fsp3) is 0. The highest BCUT2D eigenvalue weighted by Crippen LogP contribution is 2.42. The van der Waals surface area contributed by atoms with Gasteiger partial charge in [0.2, 0.25) is 0 Å². The summed E-state index contributed by atoms with van der Waals surface area (Å²) in [6, 6.07) is 63.4. The highest BCUT2D eigenvalue weighted by molar-refractivity contribution is 7.25. The highest BCUT2D eigenvalue weighted by atomic mass is 32.1. The third kappa shape index (κ3) is 4.10. The lowest BCUT2D eigenvalue weighted by Gasteiger charge is -2.11. The van der Waals surface area contributed by atoms with Crippen LogP contribution in [0.3, 0.4) is 0 Å². The molecule has 0 spiro atoms. The van der Waals surface area contributed by atoms with Crippen LogP contribution in [0.15, 0.2) is 170 Å². The Hall–Kier alpha value is -6.02. The van der Waals surface area contributed by atoms with Crippen LogP contribution < -0.4 is 0 Å². The molecule has 0 bridgehead atoms. The van der Waals surface area contributed by atoms with Crippen LogP contribution in [-0.2, 0) is 0 Å². The van der Waals surface area contributed by atoms with Gasteiger partial charge < -0.3 is 0 Å². The third-order valence-electron chi connectivity index (χ3n) is 10.6. The van der Waals surface area contributed by atoms with Crippen molar-refractivity contribution in [2.45, 2.75) is 0 Å². The van der Waals surface area contributed by atoms with Gasteiger partial charge in [-0.2, -0.15) is 0 Å². The maximum Gasteiger partial charge on any atom is 0.0361 e. The van der Waals surface area contributed by atoms with Gasteiger partial charge in [0.25, 0.3) is 0 Å². The Morgan fingerprint density at radius 2 is 0.673 bits per heavy atom. The molecule has 0 nitrogen and oxygen atoms in total. The molecule has 11 aromatic rings. The predicted molar refractivity (Wildman–Crippen MR) is 215 cm³/mol. The van der Waals surface area contributed by atoms with E-state index < -0.39 is 0 Å². The molecule has 10 aromatic carbocycles. The lowest BCUT2D eigenvalue weighted by molar-refractivity contribution is 1.71. The normalized spacial score (nSPS) is 12.1. The Labute approximate surface area is 287 Å². The third-order valence-corrected chi connectivity index (χ3v) is 11.7. The molecular formula is C48H28S. The highest BCUT2D eigenvalue weighted by Gasteiger charge is 2.13. The summed E-state index contributed by atoms with van der Waals surface area (Å²) in [4.78, 5) is 0. The molecule has 0 radical (unpaired) electrons. The summed E-state index contributed by atoms with van der Waals surface area (Å²) in [7, 11) is 0. The van der Waals surface area contributed by atoms with Gasteiger partial charge in [0, 0.05) is 20.2 Å². The van der Waals surface area contributed by atoms with Crippen molar-refractivity contribution in [3.05, 3.63) is 170 Å². The second-order valence-corrected chi connectivity index (χ2v) is 14.4.